The number of nitrogens with zero attached hydrogens (tertiary/aromatic N) is 2. The lowest BCUT2D eigenvalue weighted by Crippen LogP contribution is -2.31. The number of aromatic nitrogens is 1. The van der Waals surface area contributed by atoms with Gasteiger partial charge in [-0.3, -0.25) is 4.90 Å². The van der Waals surface area contributed by atoms with Crippen LogP contribution in [0, 0.1) is 18.6 Å². The fourth-order valence-electron chi connectivity index (χ4n) is 2.16. The van der Waals surface area contributed by atoms with Gasteiger partial charge in [-0.2, -0.15) is 0 Å². The van der Waals surface area contributed by atoms with Crippen molar-refractivity contribution in [3.05, 3.63) is 51.5 Å². The fourth-order valence-corrected chi connectivity index (χ4v) is 2.76. The van der Waals surface area contributed by atoms with Gasteiger partial charge in [0.1, 0.15) is 11.6 Å². The molecule has 6 heteroatoms. The second-order valence-electron chi connectivity index (χ2n) is 4.69. The molecule has 20 heavy (non-hydrogen) atoms. The number of hydrogen-bond donors (Lipinski definition) is 1. The van der Waals surface area contributed by atoms with Crippen molar-refractivity contribution >= 4 is 11.3 Å². The summed E-state index contributed by atoms with van der Waals surface area (Å²) < 4.78 is 27.1. The Morgan fingerprint density at radius 2 is 2.15 bits per heavy atom. The van der Waals surface area contributed by atoms with Crippen LogP contribution in [-0.2, 0) is 6.54 Å². The first kappa shape index (κ1) is 15.0. The maximum Gasteiger partial charge on any atom is 0.128 e. The van der Waals surface area contributed by atoms with Crippen molar-refractivity contribution in [1.29, 1.82) is 0 Å². The van der Waals surface area contributed by atoms with Crippen LogP contribution >= 0.6 is 11.3 Å². The lowest BCUT2D eigenvalue weighted by molar-refractivity contribution is 0.234. The standard InChI is InChI=1S/C14H17F2N3S/c1-9-18-11(8-20-9)7-19(2)14(6-17)12-5-10(15)3-4-13(12)16/h3-5,8,14H,6-7,17H2,1-2H3. The van der Waals surface area contributed by atoms with Crippen LogP contribution in [0.1, 0.15) is 22.3 Å². The van der Waals surface area contributed by atoms with E-state index in [0.717, 1.165) is 22.8 Å². The van der Waals surface area contributed by atoms with E-state index < -0.39 is 11.6 Å². The zero-order valence-electron chi connectivity index (χ0n) is 11.4. The van der Waals surface area contributed by atoms with Gasteiger partial charge in [0.2, 0.25) is 0 Å². The summed E-state index contributed by atoms with van der Waals surface area (Å²) in [4.78, 5) is 6.25. The Bertz CT molecular complexity index is 586. The zero-order chi connectivity index (χ0) is 14.7. The Morgan fingerprint density at radius 1 is 1.40 bits per heavy atom. The average molecular weight is 297 g/mol. The molecule has 2 rings (SSSR count). The molecule has 1 unspecified atom stereocenters. The Morgan fingerprint density at radius 3 is 2.75 bits per heavy atom. The monoisotopic (exact) mass is 297 g/mol. The van der Waals surface area contributed by atoms with Gasteiger partial charge >= 0.3 is 0 Å². The lowest BCUT2D eigenvalue weighted by atomic mass is 10.0. The molecule has 0 aliphatic rings. The summed E-state index contributed by atoms with van der Waals surface area (Å²) in [6.45, 7) is 2.68. The van der Waals surface area contributed by atoms with Gasteiger partial charge in [-0.15, -0.1) is 11.3 Å². The molecule has 0 aliphatic heterocycles. The maximum atomic E-state index is 13.8. The highest BCUT2D eigenvalue weighted by Gasteiger charge is 2.20. The summed E-state index contributed by atoms with van der Waals surface area (Å²) in [7, 11) is 1.83. The van der Waals surface area contributed by atoms with Crippen LogP contribution < -0.4 is 5.73 Å². The van der Waals surface area contributed by atoms with Crippen LogP contribution in [-0.4, -0.2) is 23.5 Å². The Labute approximate surface area is 121 Å². The molecule has 2 aromatic rings. The molecular weight excluding hydrogens is 280 g/mol. The molecule has 1 aromatic heterocycles. The minimum absolute atomic E-state index is 0.208. The van der Waals surface area contributed by atoms with Gasteiger partial charge in [-0.25, -0.2) is 13.8 Å². The Balaban J connectivity index is 2.20. The second kappa shape index (κ2) is 6.39. The number of thiazole rings is 1. The third kappa shape index (κ3) is 3.39. The third-order valence-electron chi connectivity index (χ3n) is 3.15. The van der Waals surface area contributed by atoms with Gasteiger partial charge in [0.25, 0.3) is 0 Å². The molecule has 0 amide bonds. The van der Waals surface area contributed by atoms with Gasteiger partial charge in [0.15, 0.2) is 0 Å². The summed E-state index contributed by atoms with van der Waals surface area (Å²) in [6, 6.07) is 3.06. The van der Waals surface area contributed by atoms with E-state index in [1.807, 2.05) is 24.3 Å². The maximum absolute atomic E-state index is 13.8. The quantitative estimate of drug-likeness (QED) is 0.922. The predicted molar refractivity (Wildman–Crippen MR) is 76.5 cm³/mol. The molecular formula is C14H17F2N3S. The first-order valence-corrected chi connectivity index (χ1v) is 7.15. The van der Waals surface area contributed by atoms with Crippen LogP contribution in [0.5, 0.6) is 0 Å². The molecule has 3 nitrogen and oxygen atoms in total. The van der Waals surface area contributed by atoms with E-state index in [0.29, 0.717) is 6.54 Å². The summed E-state index contributed by atoms with van der Waals surface area (Å²) in [6.07, 6.45) is 0. The Hall–Kier alpha value is -1.37. The molecule has 0 fully saturated rings. The summed E-state index contributed by atoms with van der Waals surface area (Å²) in [5, 5.41) is 2.94. The molecule has 0 radical (unpaired) electrons. The molecule has 0 aliphatic carbocycles. The number of hydrogen-bond acceptors (Lipinski definition) is 4. The summed E-state index contributed by atoms with van der Waals surface area (Å²) in [5.41, 5.74) is 6.92. The van der Waals surface area contributed by atoms with E-state index >= 15 is 0 Å². The van der Waals surface area contributed by atoms with E-state index in [4.69, 9.17) is 5.73 Å². The molecule has 1 atom stereocenters. The van der Waals surface area contributed by atoms with Crippen LogP contribution in [0.25, 0.3) is 0 Å². The summed E-state index contributed by atoms with van der Waals surface area (Å²) in [5.74, 6) is -0.902. The Kier molecular flexibility index (Phi) is 4.80. The van der Waals surface area contributed by atoms with Gasteiger partial charge < -0.3 is 5.73 Å². The highest BCUT2D eigenvalue weighted by Crippen LogP contribution is 2.24. The zero-order valence-corrected chi connectivity index (χ0v) is 12.3. The molecule has 0 saturated heterocycles. The first-order chi connectivity index (χ1) is 9.51. The normalized spacial score (nSPS) is 12.9. The van der Waals surface area contributed by atoms with Crippen LogP contribution in [0.2, 0.25) is 0 Å². The average Bonchev–Trinajstić information content (AvgIpc) is 2.80. The number of likely N-dealkylation sites (N-methyl/N-ethyl adjacent to an activating group) is 1. The van der Waals surface area contributed by atoms with Gasteiger partial charge in [-0.05, 0) is 32.2 Å². The van der Waals surface area contributed by atoms with E-state index in [9.17, 15) is 8.78 Å². The van der Waals surface area contributed by atoms with Crippen molar-refractivity contribution in [3.8, 4) is 0 Å². The van der Waals surface area contributed by atoms with E-state index in [-0.39, 0.29) is 18.2 Å². The SMILES string of the molecule is Cc1nc(CN(C)C(CN)c2cc(F)ccc2F)cs1. The van der Waals surface area contributed by atoms with Crippen molar-refractivity contribution in [2.45, 2.75) is 19.5 Å². The van der Waals surface area contributed by atoms with Crippen LogP contribution in [0.15, 0.2) is 23.6 Å². The summed E-state index contributed by atoms with van der Waals surface area (Å²) >= 11 is 1.56. The van der Waals surface area contributed by atoms with E-state index in [1.165, 1.54) is 6.07 Å². The van der Waals surface area contributed by atoms with Crippen LogP contribution in [0.4, 0.5) is 8.78 Å². The number of rotatable bonds is 5. The number of nitrogens with two attached hydrogens (primary N) is 1. The van der Waals surface area contributed by atoms with Crippen molar-refractivity contribution in [1.82, 2.24) is 9.88 Å². The molecule has 0 spiro atoms. The molecule has 0 bridgehead atoms. The number of aryl methyl sites for hydroxylation is 1. The second-order valence-corrected chi connectivity index (χ2v) is 5.75. The number of benzene rings is 1. The smallest absolute Gasteiger partial charge is 0.128 e. The first-order valence-electron chi connectivity index (χ1n) is 6.27. The minimum Gasteiger partial charge on any atom is -0.329 e. The number of halogens is 2. The molecule has 1 heterocycles. The van der Waals surface area contributed by atoms with Crippen molar-refractivity contribution in [2.24, 2.45) is 5.73 Å². The lowest BCUT2D eigenvalue weighted by Gasteiger charge is -2.27. The highest BCUT2D eigenvalue weighted by molar-refractivity contribution is 7.09. The fraction of sp³-hybridized carbons (Fsp3) is 0.357. The molecule has 1 aromatic carbocycles. The largest absolute Gasteiger partial charge is 0.329 e. The molecule has 0 saturated carbocycles. The minimum atomic E-state index is -0.460. The third-order valence-corrected chi connectivity index (χ3v) is 3.97. The molecule has 108 valence electrons. The molecule has 2 N–H and O–H groups in total. The van der Waals surface area contributed by atoms with Crippen molar-refractivity contribution < 1.29 is 8.78 Å². The van der Waals surface area contributed by atoms with Crippen LogP contribution in [0.3, 0.4) is 0 Å². The van der Waals surface area contributed by atoms with Gasteiger partial charge in [0.05, 0.1) is 16.7 Å². The van der Waals surface area contributed by atoms with Crippen molar-refractivity contribution in [3.63, 3.8) is 0 Å². The highest BCUT2D eigenvalue weighted by atomic mass is 32.1. The van der Waals surface area contributed by atoms with Gasteiger partial charge in [-0.1, -0.05) is 0 Å². The van der Waals surface area contributed by atoms with E-state index in [2.05, 4.69) is 4.98 Å². The van der Waals surface area contributed by atoms with Gasteiger partial charge in [0, 0.05) is 24.0 Å². The topological polar surface area (TPSA) is 42.2 Å². The predicted octanol–water partition coefficient (Wildman–Crippen LogP) is 2.86. The van der Waals surface area contributed by atoms with E-state index in [1.54, 1.807) is 11.3 Å². The van der Waals surface area contributed by atoms with Crippen molar-refractivity contribution in [2.75, 3.05) is 13.6 Å².